The molecule has 0 aliphatic carbocycles. The van der Waals surface area contributed by atoms with Crippen molar-refractivity contribution in [3.63, 3.8) is 0 Å². The first kappa shape index (κ1) is 21.1. The number of allylic oxidation sites excluding steroid dienone is 1. The van der Waals surface area contributed by atoms with Crippen molar-refractivity contribution in [2.45, 2.75) is 19.3 Å². The molecule has 0 radical (unpaired) electrons. The zero-order valence-electron chi connectivity index (χ0n) is 17.7. The van der Waals surface area contributed by atoms with E-state index >= 15 is 0 Å². The largest absolute Gasteiger partial charge is 0.493 e. The fraction of sp³-hybridized carbons (Fsp3) is 0.240. The van der Waals surface area contributed by atoms with Crippen LogP contribution in [0.5, 0.6) is 11.5 Å². The number of aromatic nitrogens is 1. The number of rotatable bonds is 5. The van der Waals surface area contributed by atoms with E-state index in [1.54, 1.807) is 27.2 Å². The number of methoxy groups -OCH3 is 2. The quantitative estimate of drug-likeness (QED) is 0.383. The zero-order chi connectivity index (χ0) is 22.0. The number of ether oxygens (including phenoxy) is 3. The van der Waals surface area contributed by atoms with Gasteiger partial charge in [-0.1, -0.05) is 23.7 Å². The van der Waals surface area contributed by atoms with Crippen LogP contribution in [0.15, 0.2) is 60.8 Å². The van der Waals surface area contributed by atoms with Gasteiger partial charge in [-0.05, 0) is 60.9 Å². The minimum Gasteiger partial charge on any atom is -0.493 e. The lowest BCUT2D eigenvalue weighted by Gasteiger charge is -2.22. The van der Waals surface area contributed by atoms with Crippen LogP contribution in [0.25, 0.3) is 11.3 Å². The van der Waals surface area contributed by atoms with Gasteiger partial charge in [-0.25, -0.2) is 4.79 Å². The summed E-state index contributed by atoms with van der Waals surface area (Å²) in [6.07, 6.45) is 4.15. The van der Waals surface area contributed by atoms with E-state index in [9.17, 15) is 4.79 Å². The second-order valence-electron chi connectivity index (χ2n) is 7.23. The Morgan fingerprint density at radius 1 is 1.13 bits per heavy atom. The predicted molar refractivity (Wildman–Crippen MR) is 121 cm³/mol. The third-order valence-electron chi connectivity index (χ3n) is 5.51. The molecule has 1 aromatic heterocycles. The van der Waals surface area contributed by atoms with Crippen LogP contribution in [0.3, 0.4) is 0 Å². The van der Waals surface area contributed by atoms with E-state index in [1.165, 1.54) is 0 Å². The summed E-state index contributed by atoms with van der Waals surface area (Å²) >= 11 is 6.42. The lowest BCUT2D eigenvalue weighted by Crippen LogP contribution is -2.07. The number of fused-ring (bicyclic) bond motifs is 3. The second-order valence-corrected chi connectivity index (χ2v) is 7.66. The minimum atomic E-state index is -0.356. The highest BCUT2D eigenvalue weighted by Gasteiger charge is 2.30. The highest BCUT2D eigenvalue weighted by Crippen LogP contribution is 2.47. The molecule has 160 valence electrons. The molecule has 1 aliphatic heterocycles. The van der Waals surface area contributed by atoms with Crippen molar-refractivity contribution in [2.75, 3.05) is 20.8 Å². The van der Waals surface area contributed by atoms with Crippen LogP contribution in [0.1, 0.15) is 36.1 Å². The van der Waals surface area contributed by atoms with Crippen LogP contribution in [-0.2, 0) is 9.53 Å². The molecule has 0 amide bonds. The highest BCUT2D eigenvalue weighted by molar-refractivity contribution is 6.30. The molecule has 5 nitrogen and oxygen atoms in total. The Morgan fingerprint density at radius 2 is 1.97 bits per heavy atom. The van der Waals surface area contributed by atoms with Gasteiger partial charge in [0.1, 0.15) is 0 Å². The first-order valence-corrected chi connectivity index (χ1v) is 10.5. The molecule has 0 saturated heterocycles. The van der Waals surface area contributed by atoms with Gasteiger partial charge in [-0.2, -0.15) is 0 Å². The topological polar surface area (TPSA) is 49.7 Å². The lowest BCUT2D eigenvalue weighted by atomic mass is 9.84. The summed E-state index contributed by atoms with van der Waals surface area (Å²) in [4.78, 5) is 12.4. The number of hydrogen-bond acceptors (Lipinski definition) is 4. The molecule has 0 N–H and O–H groups in total. The minimum absolute atomic E-state index is 0.112. The Kier molecular flexibility index (Phi) is 6.05. The normalized spacial score (nSPS) is 16.3. The molecule has 0 saturated carbocycles. The van der Waals surface area contributed by atoms with Gasteiger partial charge < -0.3 is 18.8 Å². The van der Waals surface area contributed by atoms with Gasteiger partial charge in [-0.15, -0.1) is 0 Å². The number of carbonyl (C=O) groups is 1. The molecule has 0 spiro atoms. The summed E-state index contributed by atoms with van der Waals surface area (Å²) < 4.78 is 18.6. The van der Waals surface area contributed by atoms with Crippen LogP contribution in [0.2, 0.25) is 5.02 Å². The van der Waals surface area contributed by atoms with E-state index in [2.05, 4.69) is 4.57 Å². The Labute approximate surface area is 186 Å². The molecule has 4 rings (SSSR count). The van der Waals surface area contributed by atoms with E-state index in [0.29, 0.717) is 29.5 Å². The number of halogens is 1. The van der Waals surface area contributed by atoms with E-state index in [0.717, 1.165) is 28.1 Å². The fourth-order valence-electron chi connectivity index (χ4n) is 4.23. The van der Waals surface area contributed by atoms with E-state index in [1.807, 2.05) is 54.7 Å². The number of carbonyl (C=O) groups excluding carboxylic acids is 1. The second kappa shape index (κ2) is 8.90. The number of esters is 1. The lowest BCUT2D eigenvalue weighted by molar-refractivity contribution is -0.137. The third-order valence-corrected chi connectivity index (χ3v) is 5.75. The van der Waals surface area contributed by atoms with Crippen LogP contribution in [0, 0.1) is 0 Å². The summed E-state index contributed by atoms with van der Waals surface area (Å²) in [5.74, 6) is 0.858. The van der Waals surface area contributed by atoms with Gasteiger partial charge in [0.15, 0.2) is 11.5 Å². The molecule has 1 aliphatic rings. The van der Waals surface area contributed by atoms with Crippen LogP contribution < -0.4 is 9.47 Å². The molecule has 31 heavy (non-hydrogen) atoms. The first-order chi connectivity index (χ1) is 15.1. The summed E-state index contributed by atoms with van der Waals surface area (Å²) in [5.41, 5.74) is 4.84. The SMILES string of the molecule is CCOC(=O)/C=C1/CC(c2cccc(OC)c2OC)c2cc(Cl)ccc2-n2cccc21. The molecule has 2 aromatic carbocycles. The average Bonchev–Trinajstić information content (AvgIpc) is 3.21. The Balaban J connectivity index is 1.97. The highest BCUT2D eigenvalue weighted by atomic mass is 35.5. The summed E-state index contributed by atoms with van der Waals surface area (Å²) in [6, 6.07) is 15.7. The van der Waals surface area contributed by atoms with Crippen molar-refractivity contribution < 1.29 is 19.0 Å². The zero-order valence-corrected chi connectivity index (χ0v) is 18.5. The smallest absolute Gasteiger partial charge is 0.331 e. The van der Waals surface area contributed by atoms with Crippen molar-refractivity contribution in [3.05, 3.63) is 82.6 Å². The van der Waals surface area contributed by atoms with Gasteiger partial charge in [0, 0.05) is 40.2 Å². The Bertz CT molecular complexity index is 1150. The molecule has 0 bridgehead atoms. The van der Waals surface area contributed by atoms with E-state index < -0.39 is 0 Å². The van der Waals surface area contributed by atoms with Crippen LogP contribution in [0.4, 0.5) is 0 Å². The summed E-state index contributed by atoms with van der Waals surface area (Å²) in [5, 5.41) is 0.650. The molecule has 6 heteroatoms. The molecule has 0 fully saturated rings. The van der Waals surface area contributed by atoms with Crippen LogP contribution in [-0.4, -0.2) is 31.4 Å². The van der Waals surface area contributed by atoms with Crippen molar-refractivity contribution in [1.82, 2.24) is 4.57 Å². The van der Waals surface area contributed by atoms with Crippen LogP contribution >= 0.6 is 11.6 Å². The van der Waals surface area contributed by atoms with E-state index in [4.69, 9.17) is 25.8 Å². The maximum atomic E-state index is 12.4. The Hall–Kier alpha value is -3.18. The monoisotopic (exact) mass is 437 g/mol. The molecule has 3 aromatic rings. The number of para-hydroxylation sites is 1. The van der Waals surface area contributed by atoms with Gasteiger partial charge in [0.25, 0.3) is 0 Å². The number of benzene rings is 2. The van der Waals surface area contributed by atoms with Crippen molar-refractivity contribution in [2.24, 2.45) is 0 Å². The van der Waals surface area contributed by atoms with Gasteiger partial charge in [0.05, 0.1) is 20.8 Å². The van der Waals surface area contributed by atoms with E-state index in [-0.39, 0.29) is 11.9 Å². The Morgan fingerprint density at radius 3 is 2.71 bits per heavy atom. The third kappa shape index (κ3) is 3.93. The van der Waals surface area contributed by atoms with Crippen molar-refractivity contribution in [1.29, 1.82) is 0 Å². The fourth-order valence-corrected chi connectivity index (χ4v) is 4.41. The van der Waals surface area contributed by atoms with Gasteiger partial charge in [-0.3, -0.25) is 0 Å². The molecular formula is C25H24ClNO4. The maximum Gasteiger partial charge on any atom is 0.331 e. The maximum absolute atomic E-state index is 12.4. The molecule has 1 atom stereocenters. The molecular weight excluding hydrogens is 414 g/mol. The standard InChI is InChI=1S/C25H24ClNO4/c1-4-31-24(28)14-16-13-19(18-7-5-9-23(29-2)25(18)30-3)20-15-17(26)10-11-22(20)27-12-6-8-21(16)27/h5-12,14-15,19H,4,13H2,1-3H3/b16-14-. The first-order valence-electron chi connectivity index (χ1n) is 10.1. The average molecular weight is 438 g/mol. The number of nitrogens with zero attached hydrogens (tertiary/aromatic N) is 1. The molecule has 2 heterocycles. The summed E-state index contributed by atoms with van der Waals surface area (Å²) in [6.45, 7) is 2.13. The molecule has 1 unspecified atom stereocenters. The predicted octanol–water partition coefficient (Wildman–Crippen LogP) is 5.63. The van der Waals surface area contributed by atoms with Gasteiger partial charge in [0.2, 0.25) is 0 Å². The van der Waals surface area contributed by atoms with Gasteiger partial charge >= 0.3 is 5.97 Å². The summed E-state index contributed by atoms with van der Waals surface area (Å²) in [7, 11) is 3.26. The van der Waals surface area contributed by atoms with Crippen molar-refractivity contribution in [3.8, 4) is 17.2 Å². The number of hydrogen-bond donors (Lipinski definition) is 0. The van der Waals surface area contributed by atoms with Crippen molar-refractivity contribution >= 4 is 23.1 Å².